The normalized spacial score (nSPS) is 13.6. The highest BCUT2D eigenvalue weighted by molar-refractivity contribution is 7.89. The second-order valence-corrected chi connectivity index (χ2v) is 6.16. The van der Waals surface area contributed by atoms with Crippen LogP contribution in [0.2, 0.25) is 0 Å². The highest BCUT2D eigenvalue weighted by Crippen LogP contribution is 2.29. The van der Waals surface area contributed by atoms with Crippen LogP contribution in [0.3, 0.4) is 0 Å². The molecular weight excluding hydrogens is 308 g/mol. The van der Waals surface area contributed by atoms with Crippen molar-refractivity contribution in [1.29, 1.82) is 0 Å². The van der Waals surface area contributed by atoms with Crippen LogP contribution < -0.4 is 4.72 Å². The van der Waals surface area contributed by atoms with Crippen molar-refractivity contribution in [2.75, 3.05) is 0 Å². The number of carbonyl (C=O) groups is 1. The summed E-state index contributed by atoms with van der Waals surface area (Å²) in [4.78, 5) is 11.0. The number of sulfonamides is 1. The number of aryl methyl sites for hydroxylation is 2. The van der Waals surface area contributed by atoms with Gasteiger partial charge in [-0.3, -0.25) is 9.48 Å². The first-order valence-electron chi connectivity index (χ1n) is 6.18. The quantitative estimate of drug-likeness (QED) is 0.784. The van der Waals surface area contributed by atoms with E-state index in [1.165, 1.54) is 14.0 Å². The molecule has 0 saturated heterocycles. The Morgan fingerprint density at radius 3 is 2.48 bits per heavy atom. The molecule has 0 saturated carbocycles. The number of halogens is 2. The molecule has 1 heterocycles. The van der Waals surface area contributed by atoms with E-state index in [4.69, 9.17) is 5.11 Å². The molecule has 0 spiro atoms. The van der Waals surface area contributed by atoms with Crippen molar-refractivity contribution in [3.05, 3.63) is 11.3 Å². The predicted octanol–water partition coefficient (Wildman–Crippen LogP) is 1.20. The Balaban J connectivity index is 3.28. The molecule has 1 rings (SSSR count). The number of carboxylic acids is 1. The number of aromatic nitrogens is 2. The van der Waals surface area contributed by atoms with E-state index in [1.54, 1.807) is 6.92 Å². The first-order valence-corrected chi connectivity index (χ1v) is 7.66. The molecule has 0 aliphatic rings. The maximum Gasteiger partial charge on any atom is 0.321 e. The Labute approximate surface area is 121 Å². The fourth-order valence-corrected chi connectivity index (χ4v) is 3.61. The number of nitrogens with one attached hydrogen (secondary N) is 1. The first kappa shape index (κ1) is 17.5. The van der Waals surface area contributed by atoms with Crippen LogP contribution in [-0.4, -0.2) is 35.3 Å². The van der Waals surface area contributed by atoms with E-state index in [2.05, 4.69) is 5.10 Å². The standard InChI is InChI=1S/C11H17F2N3O4S/c1-4-5-7(11(17)18)15-21(19,20)10-8(9(12)13)6(2)14-16(10)3/h7,9,15H,4-5H2,1-3H3,(H,17,18). The minimum absolute atomic E-state index is 0.0510. The molecule has 0 amide bonds. The molecule has 0 aliphatic heterocycles. The fraction of sp³-hybridized carbons (Fsp3) is 0.636. The highest BCUT2D eigenvalue weighted by atomic mass is 32.2. The van der Waals surface area contributed by atoms with E-state index >= 15 is 0 Å². The monoisotopic (exact) mass is 325 g/mol. The average Bonchev–Trinajstić information content (AvgIpc) is 2.64. The number of nitrogens with zero attached hydrogens (tertiary/aromatic N) is 2. The number of alkyl halides is 2. The second-order valence-electron chi connectivity index (χ2n) is 4.53. The van der Waals surface area contributed by atoms with Crippen LogP contribution in [0.15, 0.2) is 5.03 Å². The molecule has 7 nitrogen and oxygen atoms in total. The molecule has 0 aliphatic carbocycles. The van der Waals surface area contributed by atoms with E-state index in [9.17, 15) is 22.0 Å². The first-order chi connectivity index (χ1) is 9.61. The van der Waals surface area contributed by atoms with E-state index in [0.29, 0.717) is 6.42 Å². The van der Waals surface area contributed by atoms with Crippen LogP contribution in [0.4, 0.5) is 8.78 Å². The molecule has 1 unspecified atom stereocenters. The van der Waals surface area contributed by atoms with E-state index in [-0.39, 0.29) is 12.1 Å². The minimum atomic E-state index is -4.42. The van der Waals surface area contributed by atoms with Crippen molar-refractivity contribution in [2.45, 2.75) is 44.2 Å². The molecule has 0 radical (unpaired) electrons. The molecule has 1 aromatic rings. The Bertz CT molecular complexity index is 628. The molecule has 21 heavy (non-hydrogen) atoms. The summed E-state index contributed by atoms with van der Waals surface area (Å²) in [5.74, 6) is -1.36. The summed E-state index contributed by atoms with van der Waals surface area (Å²) >= 11 is 0. The number of aliphatic carboxylic acids is 1. The zero-order chi connectivity index (χ0) is 16.4. The van der Waals surface area contributed by atoms with Crippen LogP contribution in [-0.2, 0) is 21.9 Å². The minimum Gasteiger partial charge on any atom is -0.480 e. The topological polar surface area (TPSA) is 101 Å². The molecule has 0 fully saturated rings. The van der Waals surface area contributed by atoms with E-state index in [0.717, 1.165) is 4.68 Å². The number of hydrogen-bond acceptors (Lipinski definition) is 4. The smallest absolute Gasteiger partial charge is 0.321 e. The van der Waals surface area contributed by atoms with Crippen molar-refractivity contribution in [3.8, 4) is 0 Å². The van der Waals surface area contributed by atoms with Gasteiger partial charge in [-0.15, -0.1) is 0 Å². The van der Waals surface area contributed by atoms with Crippen LogP contribution in [0, 0.1) is 6.92 Å². The van der Waals surface area contributed by atoms with Gasteiger partial charge in [0.2, 0.25) is 0 Å². The van der Waals surface area contributed by atoms with Gasteiger partial charge in [0.25, 0.3) is 16.4 Å². The summed E-state index contributed by atoms with van der Waals surface area (Å²) in [6, 6.07) is -1.37. The van der Waals surface area contributed by atoms with Crippen LogP contribution in [0.5, 0.6) is 0 Å². The van der Waals surface area contributed by atoms with Gasteiger partial charge in [0, 0.05) is 7.05 Å². The van der Waals surface area contributed by atoms with Gasteiger partial charge in [0.05, 0.1) is 11.3 Å². The van der Waals surface area contributed by atoms with E-state index < -0.39 is 39.0 Å². The molecule has 120 valence electrons. The second kappa shape index (κ2) is 6.48. The highest BCUT2D eigenvalue weighted by Gasteiger charge is 2.33. The number of hydrogen-bond donors (Lipinski definition) is 2. The van der Waals surface area contributed by atoms with Gasteiger partial charge in [0.15, 0.2) is 5.03 Å². The lowest BCUT2D eigenvalue weighted by molar-refractivity contribution is -0.139. The van der Waals surface area contributed by atoms with Crippen molar-refractivity contribution in [2.24, 2.45) is 7.05 Å². The van der Waals surface area contributed by atoms with Crippen molar-refractivity contribution >= 4 is 16.0 Å². The third-order valence-electron chi connectivity index (χ3n) is 2.86. The number of carboxylic acid groups (broad SMARTS) is 1. The van der Waals surface area contributed by atoms with Gasteiger partial charge >= 0.3 is 5.97 Å². The summed E-state index contributed by atoms with van der Waals surface area (Å²) < 4.78 is 53.2. The van der Waals surface area contributed by atoms with Gasteiger partial charge in [-0.2, -0.15) is 9.82 Å². The van der Waals surface area contributed by atoms with Gasteiger partial charge < -0.3 is 5.11 Å². The van der Waals surface area contributed by atoms with Crippen LogP contribution in [0.1, 0.15) is 37.4 Å². The van der Waals surface area contributed by atoms with Crippen molar-refractivity contribution < 1.29 is 27.1 Å². The Morgan fingerprint density at radius 1 is 1.48 bits per heavy atom. The summed E-state index contributed by atoms with van der Waals surface area (Å²) in [6.07, 6.45) is -2.55. The van der Waals surface area contributed by atoms with Gasteiger partial charge in [-0.1, -0.05) is 13.3 Å². The van der Waals surface area contributed by atoms with Crippen molar-refractivity contribution in [1.82, 2.24) is 14.5 Å². The Morgan fingerprint density at radius 2 is 2.05 bits per heavy atom. The maximum absolute atomic E-state index is 13.0. The zero-order valence-corrected chi connectivity index (χ0v) is 12.6. The predicted molar refractivity (Wildman–Crippen MR) is 69.6 cm³/mol. The van der Waals surface area contributed by atoms with Crippen LogP contribution in [0.25, 0.3) is 0 Å². The molecule has 0 bridgehead atoms. The molecule has 1 aromatic heterocycles. The van der Waals surface area contributed by atoms with Gasteiger partial charge in [-0.05, 0) is 13.3 Å². The Hall–Kier alpha value is -1.55. The lowest BCUT2D eigenvalue weighted by atomic mass is 10.2. The lowest BCUT2D eigenvalue weighted by Crippen LogP contribution is -2.41. The Kier molecular flexibility index (Phi) is 5.40. The van der Waals surface area contributed by atoms with Gasteiger partial charge in [0.1, 0.15) is 6.04 Å². The summed E-state index contributed by atoms with van der Waals surface area (Å²) in [5.41, 5.74) is -0.833. The van der Waals surface area contributed by atoms with Crippen molar-refractivity contribution in [3.63, 3.8) is 0 Å². The summed E-state index contributed by atoms with van der Waals surface area (Å²) in [6.45, 7) is 2.95. The lowest BCUT2D eigenvalue weighted by Gasteiger charge is -2.15. The average molecular weight is 325 g/mol. The SMILES string of the molecule is CCCC(NS(=O)(=O)c1c(C(F)F)c(C)nn1C)C(=O)O. The molecular formula is C11H17F2N3O4S. The van der Waals surface area contributed by atoms with E-state index in [1.807, 2.05) is 4.72 Å². The third kappa shape index (κ3) is 3.76. The maximum atomic E-state index is 13.0. The fourth-order valence-electron chi connectivity index (χ4n) is 1.99. The third-order valence-corrected chi connectivity index (χ3v) is 4.45. The molecule has 1 atom stereocenters. The van der Waals surface area contributed by atoms with Gasteiger partial charge in [-0.25, -0.2) is 17.2 Å². The van der Waals surface area contributed by atoms with Crippen LogP contribution >= 0.6 is 0 Å². The largest absolute Gasteiger partial charge is 0.480 e. The molecule has 0 aromatic carbocycles. The zero-order valence-electron chi connectivity index (χ0n) is 11.8. The molecule has 10 heteroatoms. The summed E-state index contributed by atoms with van der Waals surface area (Å²) in [7, 11) is -3.21. The summed E-state index contributed by atoms with van der Waals surface area (Å²) in [5, 5.41) is 11.9. The number of rotatable bonds is 7. The molecule has 2 N–H and O–H groups in total.